The van der Waals surface area contributed by atoms with Crippen molar-refractivity contribution in [3.05, 3.63) is 71.8 Å². The molecule has 1 amide bonds. The van der Waals surface area contributed by atoms with Crippen molar-refractivity contribution in [3.8, 4) is 0 Å². The largest absolute Gasteiger partial charge is 0.456 e. The number of hydrogen-bond donors (Lipinski definition) is 1. The third-order valence-corrected chi connectivity index (χ3v) is 6.13. The number of carbonyl (C=O) groups excluding carboxylic acids is 4. The Hall–Kier alpha value is -3.32. The van der Waals surface area contributed by atoms with Crippen LogP contribution < -0.4 is 5.32 Å². The zero-order valence-corrected chi connectivity index (χ0v) is 21.6. The Morgan fingerprint density at radius 3 is 1.89 bits per heavy atom. The van der Waals surface area contributed by atoms with Gasteiger partial charge in [-0.1, -0.05) is 87.9 Å². The topological polar surface area (TPSA) is 98.8 Å². The van der Waals surface area contributed by atoms with Crippen molar-refractivity contribution in [1.29, 1.82) is 0 Å². The summed E-state index contributed by atoms with van der Waals surface area (Å²) < 4.78 is 10.3. The molecular formula is C29H37NO6. The third kappa shape index (κ3) is 9.04. The average molecular weight is 496 g/mol. The second kappa shape index (κ2) is 14.3. The lowest BCUT2D eigenvalue weighted by Crippen LogP contribution is -2.39. The van der Waals surface area contributed by atoms with Gasteiger partial charge in [-0.25, -0.2) is 4.79 Å². The van der Waals surface area contributed by atoms with Gasteiger partial charge in [-0.15, -0.1) is 0 Å². The predicted octanol–water partition coefficient (Wildman–Crippen LogP) is 4.65. The van der Waals surface area contributed by atoms with Gasteiger partial charge in [0.05, 0.1) is 6.61 Å². The fourth-order valence-electron chi connectivity index (χ4n) is 4.19. The first-order valence-corrected chi connectivity index (χ1v) is 12.3. The molecule has 3 rings (SSSR count). The minimum atomic E-state index is -0.720. The van der Waals surface area contributed by atoms with Gasteiger partial charge in [-0.05, 0) is 24.7 Å². The van der Waals surface area contributed by atoms with Crippen molar-refractivity contribution in [3.63, 3.8) is 0 Å². The van der Waals surface area contributed by atoms with Crippen LogP contribution in [0, 0.1) is 11.3 Å². The minimum absolute atomic E-state index is 0.0845. The molecule has 0 spiro atoms. The number of carbonyl (C=O) groups is 4. The van der Waals surface area contributed by atoms with Crippen LogP contribution in [-0.2, 0) is 19.1 Å². The highest BCUT2D eigenvalue weighted by molar-refractivity contribution is 6.42. The van der Waals surface area contributed by atoms with Gasteiger partial charge in [-0.2, -0.15) is 0 Å². The zero-order valence-electron chi connectivity index (χ0n) is 21.6. The van der Waals surface area contributed by atoms with Crippen molar-refractivity contribution in [2.75, 3.05) is 20.3 Å². The standard InChI is InChI=1S/C18H24O3.C11H13NO3/c1-18(2,3)14-11-7-8-12-15(14)21-17(20)16(19)13-9-5-4-6-10-13;1-15-8-7-12-11(14)10(13)9-5-3-2-4-6-9/h4-6,9-10,14-15H,7-8,11-12H2,1-3H3;2-6H,7-8H2,1H3,(H,12,14). The summed E-state index contributed by atoms with van der Waals surface area (Å²) in [5.41, 5.74) is 0.874. The molecule has 1 N–H and O–H groups in total. The molecule has 7 nitrogen and oxygen atoms in total. The van der Waals surface area contributed by atoms with E-state index in [0.29, 0.717) is 30.2 Å². The van der Waals surface area contributed by atoms with E-state index in [1.54, 1.807) is 54.6 Å². The molecule has 194 valence electrons. The van der Waals surface area contributed by atoms with Crippen LogP contribution >= 0.6 is 0 Å². The van der Waals surface area contributed by atoms with Crippen LogP contribution in [0.1, 0.15) is 67.2 Å². The monoisotopic (exact) mass is 495 g/mol. The maximum Gasteiger partial charge on any atom is 0.379 e. The average Bonchev–Trinajstić information content (AvgIpc) is 2.89. The van der Waals surface area contributed by atoms with Crippen LogP contribution in [0.3, 0.4) is 0 Å². The van der Waals surface area contributed by atoms with Gasteiger partial charge in [0.15, 0.2) is 0 Å². The highest BCUT2D eigenvalue weighted by Crippen LogP contribution is 2.39. The number of benzene rings is 2. The summed E-state index contributed by atoms with van der Waals surface area (Å²) in [5.74, 6) is -2.07. The van der Waals surface area contributed by atoms with Crippen molar-refractivity contribution >= 4 is 23.4 Å². The summed E-state index contributed by atoms with van der Waals surface area (Å²) >= 11 is 0. The quantitative estimate of drug-likeness (QED) is 0.248. The number of rotatable bonds is 8. The summed E-state index contributed by atoms with van der Waals surface area (Å²) in [7, 11) is 1.53. The number of methoxy groups -OCH3 is 1. The lowest BCUT2D eigenvalue weighted by atomic mass is 9.70. The molecule has 36 heavy (non-hydrogen) atoms. The molecule has 0 radical (unpaired) electrons. The van der Waals surface area contributed by atoms with E-state index in [-0.39, 0.29) is 11.5 Å². The Morgan fingerprint density at radius 2 is 1.36 bits per heavy atom. The van der Waals surface area contributed by atoms with E-state index in [1.807, 2.05) is 6.07 Å². The van der Waals surface area contributed by atoms with E-state index >= 15 is 0 Å². The first-order valence-electron chi connectivity index (χ1n) is 12.3. The van der Waals surface area contributed by atoms with Crippen molar-refractivity contribution < 1.29 is 28.7 Å². The van der Waals surface area contributed by atoms with Gasteiger partial charge in [0.2, 0.25) is 5.78 Å². The number of Topliss-reactive ketones (excluding diaryl/α,β-unsaturated/α-hetero) is 2. The summed E-state index contributed by atoms with van der Waals surface area (Å²) in [6.07, 6.45) is 4.00. The Morgan fingerprint density at radius 1 is 0.833 bits per heavy atom. The van der Waals surface area contributed by atoms with Crippen LogP contribution in [0.2, 0.25) is 0 Å². The molecule has 1 saturated carbocycles. The zero-order chi connectivity index (χ0) is 26.6. The van der Waals surface area contributed by atoms with Gasteiger partial charge in [0, 0.05) is 30.7 Å². The molecule has 2 aromatic rings. The van der Waals surface area contributed by atoms with Gasteiger partial charge in [0.25, 0.3) is 11.7 Å². The fourth-order valence-corrected chi connectivity index (χ4v) is 4.19. The number of ether oxygens (including phenoxy) is 2. The molecule has 0 aromatic heterocycles. The first kappa shape index (κ1) is 28.9. The SMILES string of the molecule is CC(C)(C)C1CCCCC1OC(=O)C(=O)c1ccccc1.COCCNC(=O)C(=O)c1ccccc1. The molecule has 1 aliphatic carbocycles. The van der Waals surface area contributed by atoms with Crippen molar-refractivity contribution in [2.24, 2.45) is 11.3 Å². The molecular weight excluding hydrogens is 458 g/mol. The smallest absolute Gasteiger partial charge is 0.379 e. The van der Waals surface area contributed by atoms with E-state index < -0.39 is 23.4 Å². The van der Waals surface area contributed by atoms with Gasteiger partial charge >= 0.3 is 5.97 Å². The summed E-state index contributed by atoms with van der Waals surface area (Å²) in [6, 6.07) is 17.1. The number of ketones is 2. The minimum Gasteiger partial charge on any atom is -0.456 e. The number of amides is 1. The van der Waals surface area contributed by atoms with Crippen LogP contribution in [0.15, 0.2) is 60.7 Å². The second-order valence-electron chi connectivity index (χ2n) is 9.84. The fraction of sp³-hybridized carbons (Fsp3) is 0.448. The van der Waals surface area contributed by atoms with Crippen LogP contribution in [0.25, 0.3) is 0 Å². The molecule has 0 bridgehead atoms. The van der Waals surface area contributed by atoms with E-state index in [9.17, 15) is 19.2 Å². The Balaban J connectivity index is 0.000000269. The molecule has 0 aliphatic heterocycles. The van der Waals surface area contributed by atoms with E-state index in [0.717, 1.165) is 19.3 Å². The lowest BCUT2D eigenvalue weighted by Gasteiger charge is -2.39. The Kier molecular flexibility index (Phi) is 11.5. The highest BCUT2D eigenvalue weighted by atomic mass is 16.5. The summed E-state index contributed by atoms with van der Waals surface area (Å²) in [5, 5.41) is 2.47. The Bertz CT molecular complexity index is 997. The molecule has 0 saturated heterocycles. The number of hydrogen-bond acceptors (Lipinski definition) is 6. The van der Waals surface area contributed by atoms with Crippen LogP contribution in [-0.4, -0.2) is 49.8 Å². The molecule has 0 heterocycles. The lowest BCUT2D eigenvalue weighted by molar-refractivity contribution is -0.150. The van der Waals surface area contributed by atoms with Gasteiger partial charge < -0.3 is 14.8 Å². The Labute approximate surface area is 213 Å². The molecule has 2 aromatic carbocycles. The number of nitrogens with one attached hydrogen (secondary N) is 1. The highest BCUT2D eigenvalue weighted by Gasteiger charge is 2.37. The normalized spacial score (nSPS) is 17.2. The maximum atomic E-state index is 12.1. The predicted molar refractivity (Wildman–Crippen MR) is 138 cm³/mol. The molecule has 1 fully saturated rings. The van der Waals surface area contributed by atoms with Crippen LogP contribution in [0.5, 0.6) is 0 Å². The first-order chi connectivity index (χ1) is 17.1. The molecule has 2 atom stereocenters. The maximum absolute atomic E-state index is 12.1. The second-order valence-corrected chi connectivity index (χ2v) is 9.84. The molecule has 7 heteroatoms. The van der Waals surface area contributed by atoms with E-state index in [4.69, 9.17) is 9.47 Å². The summed E-state index contributed by atoms with van der Waals surface area (Å²) in [6.45, 7) is 7.25. The third-order valence-electron chi connectivity index (χ3n) is 6.13. The number of esters is 1. The van der Waals surface area contributed by atoms with Gasteiger partial charge in [0.1, 0.15) is 6.10 Å². The van der Waals surface area contributed by atoms with Gasteiger partial charge in [-0.3, -0.25) is 14.4 Å². The molecule has 2 unspecified atom stereocenters. The summed E-state index contributed by atoms with van der Waals surface area (Å²) in [4.78, 5) is 47.0. The van der Waals surface area contributed by atoms with Crippen LogP contribution in [0.4, 0.5) is 0 Å². The van der Waals surface area contributed by atoms with E-state index in [2.05, 4.69) is 26.1 Å². The van der Waals surface area contributed by atoms with Crippen molar-refractivity contribution in [1.82, 2.24) is 5.32 Å². The van der Waals surface area contributed by atoms with E-state index in [1.165, 1.54) is 13.5 Å². The van der Waals surface area contributed by atoms with Crippen molar-refractivity contribution in [2.45, 2.75) is 52.6 Å². The molecule has 1 aliphatic rings.